The molecule has 0 unspecified atom stereocenters. The molecule has 0 aliphatic carbocycles. The highest BCUT2D eigenvalue weighted by Crippen LogP contribution is 2.32. The van der Waals surface area contributed by atoms with Crippen molar-refractivity contribution in [2.24, 2.45) is 0 Å². The minimum Gasteiger partial charge on any atom is -0.461 e. The van der Waals surface area contributed by atoms with Gasteiger partial charge in [-0.1, -0.05) is 23.2 Å². The van der Waals surface area contributed by atoms with Gasteiger partial charge in [0.25, 0.3) is 0 Å². The zero-order valence-corrected chi connectivity index (χ0v) is 20.4. The fourth-order valence-corrected chi connectivity index (χ4v) is 2.78. The Balaban J connectivity index is 2.13. The lowest BCUT2D eigenvalue weighted by atomic mass is 9.83. The maximum Gasteiger partial charge on any atom is 0.330 e. The topological polar surface area (TPSA) is 59.6 Å². The SMILES string of the molecule is CC(=O)OCc1cc(Cl)cc(NNc2cc(F)cc([B]OC(C)(C)C(C)(C)S)c2)c1Cl. The normalized spacial score (nSPS) is 11.8. The van der Waals surface area contributed by atoms with Crippen LogP contribution in [0.15, 0.2) is 30.3 Å². The fraction of sp³-hybridized carbons (Fsp3) is 0.381. The van der Waals surface area contributed by atoms with Crippen LogP contribution in [0.25, 0.3) is 0 Å². The zero-order chi connectivity index (χ0) is 23.4. The molecular weight excluding hydrogens is 461 g/mol. The molecule has 0 spiro atoms. The number of esters is 1. The second kappa shape index (κ2) is 10.3. The average molecular weight is 486 g/mol. The first-order valence-corrected chi connectivity index (χ1v) is 10.7. The number of thiol groups is 1. The highest BCUT2D eigenvalue weighted by Gasteiger charge is 2.34. The van der Waals surface area contributed by atoms with Crippen LogP contribution in [0.1, 0.15) is 40.2 Å². The van der Waals surface area contributed by atoms with Crippen LogP contribution < -0.4 is 16.3 Å². The molecule has 0 aliphatic heterocycles. The molecule has 0 fully saturated rings. The Labute approximate surface area is 198 Å². The Morgan fingerprint density at radius 3 is 2.42 bits per heavy atom. The van der Waals surface area contributed by atoms with E-state index in [1.165, 1.54) is 26.5 Å². The summed E-state index contributed by atoms with van der Waals surface area (Å²) in [5.41, 5.74) is 7.17. The molecule has 0 saturated heterocycles. The third kappa shape index (κ3) is 7.49. The summed E-state index contributed by atoms with van der Waals surface area (Å²) in [7, 11) is 1.50. The number of hydrogen-bond donors (Lipinski definition) is 3. The van der Waals surface area contributed by atoms with E-state index in [1.807, 2.05) is 27.7 Å². The molecule has 1 radical (unpaired) electrons. The number of halogens is 3. The molecule has 0 bridgehead atoms. The Hall–Kier alpha value is -1.61. The monoisotopic (exact) mass is 485 g/mol. The van der Waals surface area contributed by atoms with Crippen LogP contribution in [0.2, 0.25) is 10.0 Å². The molecule has 2 aromatic carbocycles. The maximum atomic E-state index is 14.1. The minimum absolute atomic E-state index is 0.0168. The highest BCUT2D eigenvalue weighted by molar-refractivity contribution is 7.81. The Kier molecular flexibility index (Phi) is 8.56. The van der Waals surface area contributed by atoms with Gasteiger partial charge in [0.05, 0.1) is 22.0 Å². The van der Waals surface area contributed by atoms with Crippen molar-refractivity contribution in [3.05, 3.63) is 51.8 Å². The van der Waals surface area contributed by atoms with E-state index >= 15 is 0 Å². The Morgan fingerprint density at radius 2 is 1.81 bits per heavy atom. The smallest absolute Gasteiger partial charge is 0.330 e. The van der Waals surface area contributed by atoms with Crippen molar-refractivity contribution in [2.45, 2.75) is 51.6 Å². The van der Waals surface area contributed by atoms with E-state index in [2.05, 4.69) is 23.5 Å². The second-order valence-electron chi connectivity index (χ2n) is 8.03. The van der Waals surface area contributed by atoms with Crippen molar-refractivity contribution in [1.29, 1.82) is 0 Å². The molecule has 5 nitrogen and oxygen atoms in total. The third-order valence-corrected chi connectivity index (χ3v) is 5.97. The summed E-state index contributed by atoms with van der Waals surface area (Å²) in [6.07, 6.45) is 0. The number of ether oxygens (including phenoxy) is 1. The van der Waals surface area contributed by atoms with Gasteiger partial charge in [0.15, 0.2) is 0 Å². The van der Waals surface area contributed by atoms with Gasteiger partial charge >= 0.3 is 13.5 Å². The molecule has 0 amide bonds. The van der Waals surface area contributed by atoms with E-state index in [1.54, 1.807) is 18.2 Å². The zero-order valence-electron chi connectivity index (χ0n) is 18.0. The summed E-state index contributed by atoms with van der Waals surface area (Å²) in [5, 5.41) is 0.719. The third-order valence-electron chi connectivity index (χ3n) is 4.77. The van der Waals surface area contributed by atoms with Crippen molar-refractivity contribution in [3.63, 3.8) is 0 Å². The van der Waals surface area contributed by atoms with Crippen LogP contribution in [0.4, 0.5) is 15.8 Å². The van der Waals surface area contributed by atoms with Crippen LogP contribution in [0, 0.1) is 5.82 Å². The first-order valence-electron chi connectivity index (χ1n) is 9.46. The fourth-order valence-electron chi connectivity index (χ4n) is 2.27. The van der Waals surface area contributed by atoms with Crippen LogP contribution in [-0.4, -0.2) is 23.8 Å². The molecule has 0 aliphatic rings. The van der Waals surface area contributed by atoms with E-state index in [0.717, 1.165) is 0 Å². The summed E-state index contributed by atoms with van der Waals surface area (Å²) in [5.74, 6) is -0.878. The summed E-state index contributed by atoms with van der Waals surface area (Å²) >= 11 is 17.1. The molecule has 0 aromatic heterocycles. The van der Waals surface area contributed by atoms with E-state index in [-0.39, 0.29) is 6.61 Å². The number of hydrogen-bond acceptors (Lipinski definition) is 6. The number of anilines is 2. The molecular formula is C21H25BCl2FN2O3S. The van der Waals surface area contributed by atoms with E-state index in [9.17, 15) is 9.18 Å². The molecule has 0 saturated carbocycles. The predicted octanol–water partition coefficient (Wildman–Crippen LogP) is 5.38. The predicted molar refractivity (Wildman–Crippen MR) is 129 cm³/mol. The molecule has 10 heteroatoms. The van der Waals surface area contributed by atoms with Crippen molar-refractivity contribution in [3.8, 4) is 0 Å². The lowest BCUT2D eigenvalue weighted by molar-refractivity contribution is -0.142. The lowest BCUT2D eigenvalue weighted by Crippen LogP contribution is -2.45. The summed E-state index contributed by atoms with van der Waals surface area (Å²) < 4.78 is 24.6. The number of benzene rings is 2. The van der Waals surface area contributed by atoms with Gasteiger partial charge in [-0.2, -0.15) is 12.6 Å². The van der Waals surface area contributed by atoms with E-state index in [0.29, 0.717) is 32.4 Å². The van der Waals surface area contributed by atoms with Gasteiger partial charge in [-0.3, -0.25) is 10.2 Å². The number of nitrogens with one attached hydrogen (secondary N) is 2. The summed E-state index contributed by atoms with van der Waals surface area (Å²) in [4.78, 5) is 11.1. The molecule has 2 aromatic rings. The van der Waals surface area contributed by atoms with Gasteiger partial charge in [0.1, 0.15) is 12.4 Å². The van der Waals surface area contributed by atoms with Crippen molar-refractivity contribution in [2.75, 3.05) is 10.9 Å². The molecule has 0 atom stereocenters. The van der Waals surface area contributed by atoms with Crippen LogP contribution in [0.5, 0.6) is 0 Å². The molecule has 2 N–H and O–H groups in total. The van der Waals surface area contributed by atoms with Gasteiger partial charge in [-0.15, -0.1) is 0 Å². The van der Waals surface area contributed by atoms with E-state index in [4.69, 9.17) is 32.6 Å². The first kappa shape index (κ1) is 25.7. The largest absolute Gasteiger partial charge is 0.461 e. The van der Waals surface area contributed by atoms with Gasteiger partial charge in [-0.25, -0.2) is 4.39 Å². The molecule has 2 rings (SSSR count). The standard InChI is InChI=1S/C21H25BCl2FN2O3S/c1-12(28)29-11-13-6-15(23)9-18(19(13)24)27-26-17-8-14(7-16(25)10-17)22-30-20(2,3)21(4,5)31/h6-10,26-27,31H,11H2,1-5H3. The summed E-state index contributed by atoms with van der Waals surface area (Å²) in [6.45, 7) is 8.99. The van der Waals surface area contributed by atoms with Crippen molar-refractivity contribution >= 4 is 66.1 Å². The first-order chi connectivity index (χ1) is 14.3. The Morgan fingerprint density at radius 1 is 1.13 bits per heavy atom. The van der Waals surface area contributed by atoms with Gasteiger partial charge in [0.2, 0.25) is 0 Å². The number of rotatable bonds is 9. The number of carbonyl (C=O) groups excluding carboxylic acids is 1. The maximum absolute atomic E-state index is 14.1. The van der Waals surface area contributed by atoms with Gasteiger partial charge in [0, 0.05) is 22.3 Å². The molecule has 31 heavy (non-hydrogen) atoms. The average Bonchev–Trinajstić information content (AvgIpc) is 2.64. The summed E-state index contributed by atoms with van der Waals surface area (Å²) in [6, 6.07) is 7.58. The van der Waals surface area contributed by atoms with Gasteiger partial charge < -0.3 is 14.8 Å². The second-order valence-corrected chi connectivity index (χ2v) is 9.97. The minimum atomic E-state index is -0.582. The Bertz CT molecular complexity index is 955. The molecule has 167 valence electrons. The van der Waals surface area contributed by atoms with Crippen molar-refractivity contribution < 1.29 is 18.6 Å². The lowest BCUT2D eigenvalue weighted by Gasteiger charge is -2.38. The molecule has 0 heterocycles. The van der Waals surface area contributed by atoms with Gasteiger partial charge in [-0.05, 0) is 63.5 Å². The number of carbonyl (C=O) groups is 1. The van der Waals surface area contributed by atoms with E-state index < -0.39 is 22.1 Å². The number of hydrazine groups is 1. The van der Waals surface area contributed by atoms with Crippen LogP contribution in [-0.2, 0) is 20.8 Å². The highest BCUT2D eigenvalue weighted by atomic mass is 35.5. The van der Waals surface area contributed by atoms with Crippen molar-refractivity contribution in [1.82, 2.24) is 0 Å². The van der Waals surface area contributed by atoms with Crippen LogP contribution in [0.3, 0.4) is 0 Å². The van der Waals surface area contributed by atoms with Crippen LogP contribution >= 0.6 is 35.8 Å². The quantitative estimate of drug-likeness (QED) is 0.192.